The van der Waals surface area contributed by atoms with E-state index in [0.29, 0.717) is 5.75 Å². The summed E-state index contributed by atoms with van der Waals surface area (Å²) in [5.74, 6) is 0.494. The van der Waals surface area contributed by atoms with Crippen LogP contribution in [0.2, 0.25) is 0 Å². The number of benzene rings is 3. The van der Waals surface area contributed by atoms with Crippen molar-refractivity contribution in [1.82, 2.24) is 0 Å². The van der Waals surface area contributed by atoms with Crippen molar-refractivity contribution < 1.29 is 4.79 Å². The van der Waals surface area contributed by atoms with Crippen molar-refractivity contribution in [1.29, 1.82) is 0 Å². The summed E-state index contributed by atoms with van der Waals surface area (Å²) >= 11 is 1.59. The lowest BCUT2D eigenvalue weighted by Crippen LogP contribution is -2.25. The van der Waals surface area contributed by atoms with Crippen molar-refractivity contribution in [2.45, 2.75) is 49.8 Å². The van der Waals surface area contributed by atoms with Crippen LogP contribution in [-0.4, -0.2) is 11.7 Å². The number of aryl methyl sites for hydroxylation is 4. The summed E-state index contributed by atoms with van der Waals surface area (Å²) in [6.45, 7) is 4.32. The van der Waals surface area contributed by atoms with Gasteiger partial charge in [0.2, 0.25) is 5.91 Å². The Morgan fingerprint density at radius 2 is 1.57 bits per heavy atom. The smallest absolute Gasteiger partial charge is 0.234 e. The number of anilines is 1. The Kier molecular flexibility index (Phi) is 4.94. The minimum Gasteiger partial charge on any atom is -0.325 e. The predicted octanol–water partition coefficient (Wildman–Crippen LogP) is 6.21. The summed E-state index contributed by atoms with van der Waals surface area (Å²) in [4.78, 5) is 14.0. The molecule has 0 radical (unpaired) electrons. The lowest BCUT2D eigenvalue weighted by molar-refractivity contribution is -0.113. The van der Waals surface area contributed by atoms with Crippen LogP contribution >= 0.6 is 11.8 Å². The van der Waals surface area contributed by atoms with Gasteiger partial charge in [0.25, 0.3) is 0 Å². The number of fused-ring (bicyclic) bond motifs is 4. The lowest BCUT2D eigenvalue weighted by Gasteiger charge is -2.30. The molecule has 2 nitrogen and oxygen atoms in total. The van der Waals surface area contributed by atoms with Gasteiger partial charge in [-0.05, 0) is 85.5 Å². The van der Waals surface area contributed by atoms with Crippen LogP contribution in [0.15, 0.2) is 65.6 Å². The zero-order chi connectivity index (χ0) is 20.7. The van der Waals surface area contributed by atoms with E-state index in [-0.39, 0.29) is 11.3 Å². The van der Waals surface area contributed by atoms with E-state index in [1.165, 1.54) is 33.4 Å². The molecule has 0 bridgehead atoms. The molecule has 3 aromatic carbocycles. The zero-order valence-corrected chi connectivity index (χ0v) is 18.4. The highest BCUT2D eigenvalue weighted by Crippen LogP contribution is 2.55. The maximum absolute atomic E-state index is 12.8. The first kappa shape index (κ1) is 19.4. The van der Waals surface area contributed by atoms with Crippen LogP contribution in [0.4, 0.5) is 5.69 Å². The van der Waals surface area contributed by atoms with E-state index in [0.717, 1.165) is 36.3 Å². The number of hydrogen-bond donors (Lipinski definition) is 1. The van der Waals surface area contributed by atoms with E-state index in [1.807, 2.05) is 0 Å². The van der Waals surface area contributed by atoms with Gasteiger partial charge in [-0.1, -0.05) is 48.0 Å². The first-order valence-electron chi connectivity index (χ1n) is 10.8. The van der Waals surface area contributed by atoms with Gasteiger partial charge in [-0.3, -0.25) is 4.79 Å². The van der Waals surface area contributed by atoms with Gasteiger partial charge in [-0.15, -0.1) is 11.8 Å². The maximum Gasteiger partial charge on any atom is 0.234 e. The summed E-state index contributed by atoms with van der Waals surface area (Å²) in [5.41, 5.74) is 9.45. The second-order valence-corrected chi connectivity index (χ2v) is 9.73. The largest absolute Gasteiger partial charge is 0.325 e. The fourth-order valence-corrected chi connectivity index (χ4v) is 6.21. The SMILES string of the molecule is Cc1ccc(SCC(=O)Nc2cccc3c2[C@]2(CCc4cccc(C)c42)CC3)cc1. The van der Waals surface area contributed by atoms with Gasteiger partial charge in [-0.25, -0.2) is 0 Å². The third-order valence-corrected chi connectivity index (χ3v) is 7.79. The van der Waals surface area contributed by atoms with Crippen molar-refractivity contribution in [2.24, 2.45) is 0 Å². The monoisotopic (exact) mass is 413 g/mol. The molecule has 2 aliphatic carbocycles. The topological polar surface area (TPSA) is 29.1 Å². The number of nitrogens with one attached hydrogen (secondary N) is 1. The van der Waals surface area contributed by atoms with E-state index in [4.69, 9.17) is 0 Å². The molecular formula is C27H27NOS. The van der Waals surface area contributed by atoms with E-state index in [9.17, 15) is 4.79 Å². The average molecular weight is 414 g/mol. The third kappa shape index (κ3) is 3.26. The van der Waals surface area contributed by atoms with Crippen molar-refractivity contribution in [3.05, 3.63) is 94.0 Å². The fourth-order valence-electron chi connectivity index (χ4n) is 5.52. The number of hydrogen-bond acceptors (Lipinski definition) is 2. The molecule has 0 aliphatic heterocycles. The molecule has 152 valence electrons. The number of carbonyl (C=O) groups excluding carboxylic acids is 1. The number of rotatable bonds is 4. The maximum atomic E-state index is 12.8. The highest BCUT2D eigenvalue weighted by molar-refractivity contribution is 8.00. The standard InChI is InChI=1S/C27H27NOS/c1-18-9-11-22(12-10-18)30-17-24(29)28-23-8-4-7-21-14-16-27(26(21)23)15-13-20-6-3-5-19(2)25(20)27/h3-12H,13-17H2,1-2H3,(H,28,29)/t27-/m1/s1. The summed E-state index contributed by atoms with van der Waals surface area (Å²) in [6, 6.07) is 21.5. The third-order valence-electron chi connectivity index (χ3n) is 6.77. The molecule has 3 aromatic rings. The molecule has 1 amide bonds. The molecule has 0 fully saturated rings. The normalized spacial score (nSPS) is 19.0. The van der Waals surface area contributed by atoms with Gasteiger partial charge >= 0.3 is 0 Å². The molecule has 5 rings (SSSR count). The van der Waals surface area contributed by atoms with E-state index < -0.39 is 0 Å². The van der Waals surface area contributed by atoms with Crippen LogP contribution < -0.4 is 5.32 Å². The summed E-state index contributed by atoms with van der Waals surface area (Å²) in [7, 11) is 0. The average Bonchev–Trinajstić information content (AvgIpc) is 3.31. The van der Waals surface area contributed by atoms with Crippen LogP contribution in [-0.2, 0) is 23.1 Å². The van der Waals surface area contributed by atoms with E-state index >= 15 is 0 Å². The van der Waals surface area contributed by atoms with E-state index in [1.54, 1.807) is 11.8 Å². The molecule has 0 unspecified atom stereocenters. The second-order valence-electron chi connectivity index (χ2n) is 8.68. The van der Waals surface area contributed by atoms with Gasteiger partial charge in [-0.2, -0.15) is 0 Å². The van der Waals surface area contributed by atoms with Crippen molar-refractivity contribution >= 4 is 23.4 Å². The summed E-state index contributed by atoms with van der Waals surface area (Å²) in [5, 5.41) is 3.27. The molecule has 1 spiro atoms. The van der Waals surface area contributed by atoms with E-state index in [2.05, 4.69) is 79.8 Å². The Morgan fingerprint density at radius 1 is 0.900 bits per heavy atom. The number of carbonyl (C=O) groups is 1. The van der Waals surface area contributed by atoms with Crippen LogP contribution in [0.5, 0.6) is 0 Å². The van der Waals surface area contributed by atoms with Gasteiger partial charge < -0.3 is 5.32 Å². The molecule has 2 aliphatic rings. The van der Waals surface area contributed by atoms with Crippen molar-refractivity contribution in [3.63, 3.8) is 0 Å². The molecule has 0 saturated heterocycles. The van der Waals surface area contributed by atoms with Crippen LogP contribution in [0, 0.1) is 13.8 Å². The highest BCUT2D eigenvalue weighted by atomic mass is 32.2. The number of amides is 1. The highest BCUT2D eigenvalue weighted by Gasteiger charge is 2.46. The van der Waals surface area contributed by atoms with Gasteiger partial charge in [0.15, 0.2) is 0 Å². The summed E-state index contributed by atoms with van der Waals surface area (Å²) < 4.78 is 0. The lowest BCUT2D eigenvalue weighted by atomic mass is 9.74. The zero-order valence-electron chi connectivity index (χ0n) is 17.6. The Hall–Kier alpha value is -2.52. The molecule has 0 aromatic heterocycles. The minimum absolute atomic E-state index is 0.0595. The molecule has 30 heavy (non-hydrogen) atoms. The van der Waals surface area contributed by atoms with Gasteiger partial charge in [0.1, 0.15) is 0 Å². The first-order valence-corrected chi connectivity index (χ1v) is 11.8. The Morgan fingerprint density at radius 3 is 2.30 bits per heavy atom. The molecular weight excluding hydrogens is 386 g/mol. The van der Waals surface area contributed by atoms with Gasteiger partial charge in [0, 0.05) is 16.0 Å². The molecule has 0 heterocycles. The second kappa shape index (κ2) is 7.63. The number of thioether (sulfide) groups is 1. The Bertz CT molecular complexity index is 1110. The minimum atomic E-state index is 0.0595. The van der Waals surface area contributed by atoms with Crippen molar-refractivity contribution in [2.75, 3.05) is 11.1 Å². The van der Waals surface area contributed by atoms with Gasteiger partial charge in [0.05, 0.1) is 5.75 Å². The molecule has 1 atom stereocenters. The molecule has 1 N–H and O–H groups in total. The van der Waals surface area contributed by atoms with Crippen LogP contribution in [0.3, 0.4) is 0 Å². The fraction of sp³-hybridized carbons (Fsp3) is 0.296. The Balaban J connectivity index is 1.42. The van der Waals surface area contributed by atoms with Crippen molar-refractivity contribution in [3.8, 4) is 0 Å². The first-order chi connectivity index (χ1) is 14.6. The van der Waals surface area contributed by atoms with Crippen LogP contribution in [0.25, 0.3) is 0 Å². The quantitative estimate of drug-likeness (QED) is 0.515. The molecule has 0 saturated carbocycles. The Labute approximate surface area is 183 Å². The summed E-state index contributed by atoms with van der Waals surface area (Å²) in [6.07, 6.45) is 4.50. The molecule has 3 heteroatoms. The predicted molar refractivity (Wildman–Crippen MR) is 126 cm³/mol. The van der Waals surface area contributed by atoms with Crippen LogP contribution in [0.1, 0.15) is 46.2 Å².